The van der Waals surface area contributed by atoms with E-state index < -0.39 is 5.97 Å². The Hall–Kier alpha value is -3.00. The molecule has 0 saturated heterocycles. The predicted molar refractivity (Wildman–Crippen MR) is 104 cm³/mol. The average molecular weight is 374 g/mol. The van der Waals surface area contributed by atoms with Crippen molar-refractivity contribution < 1.29 is 14.6 Å². The van der Waals surface area contributed by atoms with E-state index in [-0.39, 0.29) is 12.6 Å². The summed E-state index contributed by atoms with van der Waals surface area (Å²) in [7, 11) is 0. The molecule has 2 aromatic rings. The molecule has 2 fully saturated rings. The van der Waals surface area contributed by atoms with Gasteiger partial charge in [0.2, 0.25) is 0 Å². The monoisotopic (exact) mass is 374 g/mol. The van der Waals surface area contributed by atoms with Crippen LogP contribution in [0.5, 0.6) is 5.75 Å². The molecule has 1 heterocycles. The maximum atomic E-state index is 11.5. The highest BCUT2D eigenvalue weighted by Gasteiger charge is 2.53. The third kappa shape index (κ3) is 2.63. The third-order valence-corrected chi connectivity index (χ3v) is 6.88. The van der Waals surface area contributed by atoms with Crippen LogP contribution in [0.15, 0.2) is 42.5 Å². The van der Waals surface area contributed by atoms with Crippen LogP contribution in [0.1, 0.15) is 52.7 Å². The molecular weight excluding hydrogens is 352 g/mol. The van der Waals surface area contributed by atoms with Gasteiger partial charge in [0.15, 0.2) is 6.61 Å². The first-order valence-electron chi connectivity index (χ1n) is 9.89. The zero-order valence-electron chi connectivity index (χ0n) is 15.5. The van der Waals surface area contributed by atoms with E-state index in [0.717, 1.165) is 5.69 Å². The minimum absolute atomic E-state index is 0.0504. The van der Waals surface area contributed by atoms with Crippen LogP contribution in [-0.2, 0) is 0 Å². The zero-order chi connectivity index (χ0) is 19.3. The van der Waals surface area contributed by atoms with E-state index in [1.165, 1.54) is 30.4 Å². The number of nitrogens with one attached hydrogen (secondary N) is 1. The lowest BCUT2D eigenvalue weighted by Crippen LogP contribution is -2.35. The normalized spacial score (nSPS) is 29.3. The first-order chi connectivity index (χ1) is 13.7. The first kappa shape index (κ1) is 17.1. The number of anilines is 1. The first-order valence-corrected chi connectivity index (χ1v) is 9.89. The fourth-order valence-corrected chi connectivity index (χ4v) is 5.84. The van der Waals surface area contributed by atoms with Gasteiger partial charge in [0.25, 0.3) is 0 Å². The van der Waals surface area contributed by atoms with E-state index >= 15 is 0 Å². The molecule has 2 bridgehead atoms. The van der Waals surface area contributed by atoms with Crippen LogP contribution in [0.3, 0.4) is 0 Å². The number of benzene rings is 2. The molecule has 2 saturated carbocycles. The average Bonchev–Trinajstić information content (AvgIpc) is 3.34. The van der Waals surface area contributed by atoms with Gasteiger partial charge in [0, 0.05) is 5.69 Å². The number of carbonyl (C=O) groups is 1. The summed E-state index contributed by atoms with van der Waals surface area (Å²) in [6, 6.07) is 15.7. The van der Waals surface area contributed by atoms with Crippen LogP contribution in [0.25, 0.3) is 0 Å². The van der Waals surface area contributed by atoms with Gasteiger partial charge < -0.3 is 15.2 Å². The maximum Gasteiger partial charge on any atom is 0.335 e. The molecule has 5 nitrogen and oxygen atoms in total. The second kappa shape index (κ2) is 6.56. The van der Waals surface area contributed by atoms with Crippen LogP contribution in [0, 0.1) is 29.1 Å². The van der Waals surface area contributed by atoms with Gasteiger partial charge in [-0.1, -0.05) is 12.1 Å². The van der Waals surface area contributed by atoms with Crippen molar-refractivity contribution in [2.75, 3.05) is 11.9 Å². The number of hydrogen-bond acceptors (Lipinski definition) is 4. The molecule has 2 N–H and O–H groups in total. The summed E-state index contributed by atoms with van der Waals surface area (Å²) in [6.07, 6.45) is 3.76. The lowest BCUT2D eigenvalue weighted by Gasteiger charge is -2.43. The predicted octanol–water partition coefficient (Wildman–Crippen LogP) is 4.58. The molecule has 0 spiro atoms. The number of rotatable bonds is 4. The highest BCUT2D eigenvalue weighted by Crippen LogP contribution is 2.63. The van der Waals surface area contributed by atoms with Crippen molar-refractivity contribution in [1.29, 1.82) is 5.26 Å². The number of hydrogen-bond donors (Lipinski definition) is 2. The van der Waals surface area contributed by atoms with Crippen LogP contribution in [0.2, 0.25) is 0 Å². The molecule has 5 rings (SSSR count). The molecule has 0 aromatic heterocycles. The number of carboxylic acid groups (broad SMARTS) is 1. The van der Waals surface area contributed by atoms with Crippen molar-refractivity contribution in [2.45, 2.75) is 31.2 Å². The highest BCUT2D eigenvalue weighted by atomic mass is 16.5. The number of carboxylic acids is 1. The molecule has 28 heavy (non-hydrogen) atoms. The molecule has 3 aliphatic rings. The quantitative estimate of drug-likeness (QED) is 0.818. The Morgan fingerprint density at radius 1 is 1.18 bits per heavy atom. The van der Waals surface area contributed by atoms with Crippen molar-refractivity contribution in [3.05, 3.63) is 59.2 Å². The van der Waals surface area contributed by atoms with Gasteiger partial charge in [-0.15, -0.1) is 0 Å². The minimum Gasteiger partial charge on any atom is -0.479 e. The Labute approximate surface area is 163 Å². The summed E-state index contributed by atoms with van der Waals surface area (Å²) in [5.41, 5.74) is 3.84. The van der Waals surface area contributed by atoms with Crippen LogP contribution < -0.4 is 10.1 Å². The summed E-state index contributed by atoms with van der Waals surface area (Å²) < 4.78 is 5.39. The van der Waals surface area contributed by atoms with Crippen molar-refractivity contribution >= 4 is 11.7 Å². The highest BCUT2D eigenvalue weighted by molar-refractivity contribution is 5.88. The van der Waals surface area contributed by atoms with Crippen molar-refractivity contribution in [3.8, 4) is 11.8 Å². The summed E-state index contributed by atoms with van der Waals surface area (Å²) in [5, 5.41) is 21.8. The van der Waals surface area contributed by atoms with Crippen LogP contribution >= 0.6 is 0 Å². The molecule has 1 aliphatic heterocycles. The third-order valence-electron chi connectivity index (χ3n) is 6.88. The summed E-state index contributed by atoms with van der Waals surface area (Å²) in [4.78, 5) is 11.5. The van der Waals surface area contributed by atoms with E-state index in [2.05, 4.69) is 17.4 Å². The maximum absolute atomic E-state index is 11.5. The van der Waals surface area contributed by atoms with E-state index in [0.29, 0.717) is 35.0 Å². The summed E-state index contributed by atoms with van der Waals surface area (Å²) >= 11 is 0. The van der Waals surface area contributed by atoms with Gasteiger partial charge >= 0.3 is 5.97 Å². The van der Waals surface area contributed by atoms with Crippen molar-refractivity contribution in [1.82, 2.24) is 0 Å². The van der Waals surface area contributed by atoms with E-state index in [4.69, 9.17) is 10.00 Å². The molecule has 5 heteroatoms. The molecule has 0 radical (unpaired) electrons. The van der Waals surface area contributed by atoms with Crippen molar-refractivity contribution in [3.63, 3.8) is 0 Å². The molecule has 2 aliphatic carbocycles. The van der Waals surface area contributed by atoms with Gasteiger partial charge in [-0.05, 0) is 84.4 Å². The van der Waals surface area contributed by atoms with E-state index in [1.54, 1.807) is 6.07 Å². The van der Waals surface area contributed by atoms with Crippen molar-refractivity contribution in [2.24, 2.45) is 17.8 Å². The summed E-state index contributed by atoms with van der Waals surface area (Å²) in [5.74, 6) is 2.09. The zero-order valence-corrected chi connectivity index (χ0v) is 15.5. The topological polar surface area (TPSA) is 82.3 Å². The second-order valence-corrected chi connectivity index (χ2v) is 8.18. The van der Waals surface area contributed by atoms with E-state index in [9.17, 15) is 9.90 Å². The molecule has 142 valence electrons. The molecular formula is C23H22N2O3. The largest absolute Gasteiger partial charge is 0.479 e. The Bertz CT molecular complexity index is 963. The molecule has 0 amide bonds. The fraction of sp³-hybridized carbons (Fsp3) is 0.391. The number of nitrogens with zero attached hydrogens (tertiary/aromatic N) is 1. The lowest BCUT2D eigenvalue weighted by molar-refractivity contribution is 0.0696. The van der Waals surface area contributed by atoms with Crippen LogP contribution in [0.4, 0.5) is 5.69 Å². The Morgan fingerprint density at radius 2 is 1.96 bits per heavy atom. The molecule has 5 atom stereocenters. The summed E-state index contributed by atoms with van der Waals surface area (Å²) in [6.45, 7) is 0.0504. The van der Waals surface area contributed by atoms with Gasteiger partial charge in [0.1, 0.15) is 11.8 Å². The standard InChI is InChI=1S/C23H22N2O3/c24-9-10-28-17-6-3-13(4-7-17)22-21-15-2-1-14(11-15)20(21)18-12-16(23(26)27)5-8-19(18)25-22/h3-8,12,14-15,20-22,25H,1-2,10-11H2,(H,26,27)/t14-,15-,20+,21-,22-/m0/s1. The number of fused-ring (bicyclic) bond motifs is 7. The fourth-order valence-electron chi connectivity index (χ4n) is 5.84. The second-order valence-electron chi connectivity index (χ2n) is 8.18. The van der Waals surface area contributed by atoms with Gasteiger partial charge in [-0.25, -0.2) is 4.79 Å². The van der Waals surface area contributed by atoms with Crippen LogP contribution in [-0.4, -0.2) is 17.7 Å². The van der Waals surface area contributed by atoms with E-state index in [1.807, 2.05) is 30.3 Å². The van der Waals surface area contributed by atoms with Gasteiger partial charge in [0.05, 0.1) is 11.6 Å². The van der Waals surface area contributed by atoms with Gasteiger partial charge in [-0.3, -0.25) is 0 Å². The Morgan fingerprint density at radius 3 is 2.71 bits per heavy atom. The minimum atomic E-state index is -0.863. The molecule has 2 aromatic carbocycles. The Kier molecular flexibility index (Phi) is 4.01. The lowest BCUT2D eigenvalue weighted by atomic mass is 9.68. The SMILES string of the molecule is N#CCOc1ccc([C@@H]2Nc3ccc(C(=O)O)cc3[C@H]3[C@H]4CC[C@@H](C4)[C@@H]32)cc1. The smallest absolute Gasteiger partial charge is 0.335 e. The number of nitriles is 1. The Balaban J connectivity index is 1.52. The molecule has 0 unspecified atom stereocenters. The number of ether oxygens (including phenoxy) is 1. The van der Waals surface area contributed by atoms with Gasteiger partial charge in [-0.2, -0.15) is 5.26 Å². The number of aromatic carboxylic acids is 1.